The third kappa shape index (κ3) is 5.65. The van der Waals surface area contributed by atoms with Gasteiger partial charge in [-0.25, -0.2) is 16.8 Å². The molecule has 0 spiro atoms. The largest absolute Gasteiger partial charge is 0.335 e. The van der Waals surface area contributed by atoms with Crippen LogP contribution in [0.3, 0.4) is 0 Å². The second kappa shape index (κ2) is 9.95. The Hall–Kier alpha value is -2.23. The molecular weight excluding hydrogens is 460 g/mol. The van der Waals surface area contributed by atoms with Crippen molar-refractivity contribution in [3.8, 4) is 0 Å². The van der Waals surface area contributed by atoms with Crippen molar-refractivity contribution < 1.29 is 21.6 Å². The molecule has 33 heavy (non-hydrogen) atoms. The summed E-state index contributed by atoms with van der Waals surface area (Å²) in [6.07, 6.45) is 4.04. The van der Waals surface area contributed by atoms with Crippen molar-refractivity contribution in [3.63, 3.8) is 0 Å². The third-order valence-electron chi connectivity index (χ3n) is 6.50. The Morgan fingerprint density at radius 1 is 0.879 bits per heavy atom. The summed E-state index contributed by atoms with van der Waals surface area (Å²) < 4.78 is 52.5. The molecule has 1 saturated carbocycles. The zero-order valence-electron chi connectivity index (χ0n) is 18.5. The SMILES string of the molecule is O=C(CN(Cc1ccccc1)S(=O)(=O)c1ccccc1)N(C1CCCC1)[C@H]1CCS(=O)(=O)C1. The van der Waals surface area contributed by atoms with Gasteiger partial charge in [-0.2, -0.15) is 4.31 Å². The third-order valence-corrected chi connectivity index (χ3v) is 10.1. The molecule has 1 atom stereocenters. The molecule has 1 aliphatic carbocycles. The molecule has 0 N–H and O–H groups in total. The Balaban J connectivity index is 1.64. The van der Waals surface area contributed by atoms with Crippen LogP contribution in [0.5, 0.6) is 0 Å². The predicted molar refractivity (Wildman–Crippen MR) is 127 cm³/mol. The minimum absolute atomic E-state index is 0.0335. The number of sulfonamides is 1. The first-order valence-electron chi connectivity index (χ1n) is 11.4. The van der Waals surface area contributed by atoms with E-state index < -0.39 is 19.9 Å². The van der Waals surface area contributed by atoms with Crippen molar-refractivity contribution in [1.29, 1.82) is 0 Å². The maximum atomic E-state index is 13.6. The molecule has 0 unspecified atom stereocenters. The fraction of sp³-hybridized carbons (Fsp3) is 0.458. The summed E-state index contributed by atoms with van der Waals surface area (Å²) in [4.78, 5) is 15.5. The van der Waals surface area contributed by atoms with Crippen LogP contribution in [0.15, 0.2) is 65.6 Å². The summed E-state index contributed by atoms with van der Waals surface area (Å²) >= 11 is 0. The Kier molecular flexibility index (Phi) is 7.21. The van der Waals surface area contributed by atoms with Crippen LogP contribution >= 0.6 is 0 Å². The lowest BCUT2D eigenvalue weighted by Gasteiger charge is -2.35. The quantitative estimate of drug-likeness (QED) is 0.567. The molecule has 2 fully saturated rings. The van der Waals surface area contributed by atoms with Gasteiger partial charge in [0.2, 0.25) is 15.9 Å². The number of hydrogen-bond acceptors (Lipinski definition) is 5. The van der Waals surface area contributed by atoms with Crippen molar-refractivity contribution in [1.82, 2.24) is 9.21 Å². The summed E-state index contributed by atoms with van der Waals surface area (Å²) in [7, 11) is -7.11. The van der Waals surface area contributed by atoms with Gasteiger partial charge in [-0.05, 0) is 37.0 Å². The van der Waals surface area contributed by atoms with E-state index >= 15 is 0 Å². The summed E-state index contributed by atoms with van der Waals surface area (Å²) in [5.74, 6) is -0.289. The molecule has 1 heterocycles. The molecule has 9 heteroatoms. The zero-order valence-corrected chi connectivity index (χ0v) is 20.2. The van der Waals surface area contributed by atoms with Gasteiger partial charge in [-0.15, -0.1) is 0 Å². The zero-order chi connectivity index (χ0) is 23.5. The lowest BCUT2D eigenvalue weighted by molar-refractivity contribution is -0.136. The van der Waals surface area contributed by atoms with Gasteiger partial charge in [0.15, 0.2) is 9.84 Å². The molecule has 0 aromatic heterocycles. The molecule has 0 radical (unpaired) electrons. The summed E-state index contributed by atoms with van der Waals surface area (Å²) in [6.45, 7) is -0.259. The predicted octanol–water partition coefficient (Wildman–Crippen LogP) is 2.84. The van der Waals surface area contributed by atoms with Crippen molar-refractivity contribution >= 4 is 25.8 Å². The van der Waals surface area contributed by atoms with Gasteiger partial charge in [-0.3, -0.25) is 4.79 Å². The van der Waals surface area contributed by atoms with Crippen LogP contribution in [0, 0.1) is 0 Å². The normalized spacial score (nSPS) is 20.8. The van der Waals surface area contributed by atoms with E-state index in [0.29, 0.717) is 6.42 Å². The Morgan fingerprint density at radius 3 is 2.06 bits per heavy atom. The maximum absolute atomic E-state index is 13.6. The van der Waals surface area contributed by atoms with E-state index in [1.165, 1.54) is 16.4 Å². The lowest BCUT2D eigenvalue weighted by atomic mass is 10.1. The van der Waals surface area contributed by atoms with Crippen LogP contribution in [-0.4, -0.2) is 62.1 Å². The van der Waals surface area contributed by atoms with E-state index in [9.17, 15) is 21.6 Å². The fourth-order valence-corrected chi connectivity index (χ4v) is 7.98. The highest BCUT2D eigenvalue weighted by Crippen LogP contribution is 2.30. The molecule has 2 aliphatic rings. The van der Waals surface area contributed by atoms with Crippen LogP contribution in [0.4, 0.5) is 0 Å². The number of rotatable bonds is 8. The first-order chi connectivity index (χ1) is 15.8. The molecule has 2 aromatic rings. The van der Waals surface area contributed by atoms with Crippen molar-refractivity contribution in [2.75, 3.05) is 18.1 Å². The number of nitrogens with zero attached hydrogens (tertiary/aromatic N) is 2. The van der Waals surface area contributed by atoms with Crippen LogP contribution in [0.1, 0.15) is 37.7 Å². The van der Waals surface area contributed by atoms with Crippen LogP contribution < -0.4 is 0 Å². The average molecular weight is 491 g/mol. The minimum Gasteiger partial charge on any atom is -0.335 e. The molecule has 1 aliphatic heterocycles. The second-order valence-corrected chi connectivity index (χ2v) is 13.0. The molecule has 4 rings (SSSR count). The van der Waals surface area contributed by atoms with E-state index in [2.05, 4.69) is 0 Å². The lowest BCUT2D eigenvalue weighted by Crippen LogP contribution is -2.51. The first-order valence-corrected chi connectivity index (χ1v) is 14.6. The second-order valence-electron chi connectivity index (χ2n) is 8.87. The number of carbonyl (C=O) groups excluding carboxylic acids is 1. The first kappa shape index (κ1) is 23.9. The molecule has 7 nitrogen and oxygen atoms in total. The van der Waals surface area contributed by atoms with Crippen molar-refractivity contribution in [3.05, 3.63) is 66.2 Å². The van der Waals surface area contributed by atoms with Gasteiger partial charge in [0, 0.05) is 18.6 Å². The van der Waals surface area contributed by atoms with Crippen molar-refractivity contribution in [2.45, 2.75) is 55.6 Å². The van der Waals surface area contributed by atoms with E-state index in [4.69, 9.17) is 0 Å². The average Bonchev–Trinajstić information content (AvgIpc) is 3.45. The molecule has 178 valence electrons. The van der Waals surface area contributed by atoms with Crippen LogP contribution in [0.2, 0.25) is 0 Å². The van der Waals surface area contributed by atoms with Gasteiger partial charge in [0.25, 0.3) is 0 Å². The van der Waals surface area contributed by atoms with Gasteiger partial charge in [0.05, 0.1) is 22.9 Å². The Bertz CT molecular complexity index is 1160. The highest BCUT2D eigenvalue weighted by molar-refractivity contribution is 7.91. The van der Waals surface area contributed by atoms with Gasteiger partial charge in [0.1, 0.15) is 0 Å². The number of sulfone groups is 1. The van der Waals surface area contributed by atoms with Crippen LogP contribution in [0.25, 0.3) is 0 Å². The van der Waals surface area contributed by atoms with E-state index in [1.807, 2.05) is 30.3 Å². The van der Waals surface area contributed by atoms with E-state index in [1.54, 1.807) is 23.1 Å². The Labute approximate surface area is 196 Å². The van der Waals surface area contributed by atoms with Crippen molar-refractivity contribution in [2.24, 2.45) is 0 Å². The smallest absolute Gasteiger partial charge is 0.243 e. The number of hydrogen-bond donors (Lipinski definition) is 0. The van der Waals surface area contributed by atoms with E-state index in [-0.39, 0.29) is 47.5 Å². The van der Waals surface area contributed by atoms with E-state index in [0.717, 1.165) is 31.2 Å². The van der Waals surface area contributed by atoms with Gasteiger partial charge >= 0.3 is 0 Å². The monoisotopic (exact) mass is 490 g/mol. The number of amides is 1. The maximum Gasteiger partial charge on any atom is 0.243 e. The number of carbonyl (C=O) groups is 1. The fourth-order valence-electron chi connectivity index (χ4n) is 4.87. The molecule has 1 saturated heterocycles. The number of benzene rings is 2. The molecule has 0 bridgehead atoms. The topological polar surface area (TPSA) is 91.8 Å². The molecule has 2 aromatic carbocycles. The molecular formula is C24H30N2O5S2. The molecule has 1 amide bonds. The highest BCUT2D eigenvalue weighted by Gasteiger charge is 2.40. The van der Waals surface area contributed by atoms with Gasteiger partial charge in [-0.1, -0.05) is 61.4 Å². The van der Waals surface area contributed by atoms with Crippen LogP contribution in [-0.2, 0) is 31.2 Å². The summed E-state index contributed by atoms with van der Waals surface area (Å²) in [6, 6.07) is 16.9. The standard InChI is InChI=1S/C24H30N2O5S2/c27-24(26(21-11-7-8-12-21)22-15-16-32(28,29)19-22)18-25(17-20-9-3-1-4-10-20)33(30,31)23-13-5-2-6-14-23/h1-6,9-10,13-14,21-22H,7-8,11-12,15-19H2/t22-/m0/s1. The van der Waals surface area contributed by atoms with Gasteiger partial charge < -0.3 is 4.90 Å². The summed E-state index contributed by atoms with van der Waals surface area (Å²) in [5.41, 5.74) is 0.778. The highest BCUT2D eigenvalue weighted by atomic mass is 32.2. The minimum atomic E-state index is -3.93. The Morgan fingerprint density at radius 2 is 1.48 bits per heavy atom. The summed E-state index contributed by atoms with van der Waals surface area (Å²) in [5, 5.41) is 0.